The van der Waals surface area contributed by atoms with Crippen molar-refractivity contribution in [3.63, 3.8) is 0 Å². The maximum atomic E-state index is 4.25. The van der Waals surface area contributed by atoms with Crippen molar-refractivity contribution in [2.24, 2.45) is 13.0 Å². The molecule has 1 saturated heterocycles. The number of rotatable bonds is 5. The number of hydrogen-bond acceptors (Lipinski definition) is 4. The van der Waals surface area contributed by atoms with E-state index >= 15 is 0 Å². The lowest BCUT2D eigenvalue weighted by Gasteiger charge is -2.29. The zero-order valence-electron chi connectivity index (χ0n) is 11.8. The lowest BCUT2D eigenvalue weighted by atomic mass is 9.99. The fourth-order valence-corrected chi connectivity index (χ4v) is 2.54. The van der Waals surface area contributed by atoms with Crippen LogP contribution in [0.15, 0.2) is 0 Å². The van der Waals surface area contributed by atoms with Gasteiger partial charge in [0.05, 0.1) is 6.54 Å². The van der Waals surface area contributed by atoms with Crippen LogP contribution in [0.25, 0.3) is 0 Å². The zero-order valence-corrected chi connectivity index (χ0v) is 11.8. The van der Waals surface area contributed by atoms with Crippen molar-refractivity contribution >= 4 is 0 Å². The summed E-state index contributed by atoms with van der Waals surface area (Å²) in [4.78, 5) is 2.47. The van der Waals surface area contributed by atoms with Gasteiger partial charge in [0.25, 0.3) is 0 Å². The summed E-state index contributed by atoms with van der Waals surface area (Å²) in [6.07, 6.45) is 2.66. The Kier molecular flexibility index (Phi) is 4.72. The summed E-state index contributed by atoms with van der Waals surface area (Å²) in [6, 6.07) is 0. The Hall–Kier alpha value is -0.940. The first-order valence-corrected chi connectivity index (χ1v) is 6.98. The number of piperidine rings is 1. The molecule has 2 rings (SSSR count). The van der Waals surface area contributed by atoms with Gasteiger partial charge in [0.1, 0.15) is 11.6 Å². The second-order valence-corrected chi connectivity index (χ2v) is 5.26. The highest BCUT2D eigenvalue weighted by molar-refractivity contribution is 4.92. The average Bonchev–Trinajstić information content (AvgIpc) is 2.71. The monoisotopic (exact) mass is 251 g/mol. The molecule has 1 atom stereocenters. The van der Waals surface area contributed by atoms with Crippen molar-refractivity contribution in [1.82, 2.24) is 25.0 Å². The Bertz CT molecular complexity index is 367. The molecule has 0 aromatic carbocycles. The third-order valence-corrected chi connectivity index (χ3v) is 3.91. The molecule has 1 aliphatic rings. The lowest BCUT2D eigenvalue weighted by molar-refractivity contribution is 0.204. The molecule has 18 heavy (non-hydrogen) atoms. The van der Waals surface area contributed by atoms with Crippen LogP contribution < -0.4 is 5.32 Å². The van der Waals surface area contributed by atoms with Crippen molar-refractivity contribution in [1.29, 1.82) is 0 Å². The Morgan fingerprint density at radius 3 is 2.83 bits per heavy atom. The first-order valence-electron chi connectivity index (χ1n) is 6.98. The Balaban J connectivity index is 1.90. The number of nitrogens with one attached hydrogen (secondary N) is 1. The summed E-state index contributed by atoms with van der Waals surface area (Å²) in [5.74, 6) is 2.84. The Morgan fingerprint density at radius 1 is 1.44 bits per heavy atom. The standard InChI is InChI=1S/C13H25N5/c1-4-18(9-12-6-5-7-14-8-12)10-13-16-15-11(2)17(13)3/h12,14H,4-10H2,1-3H3. The van der Waals surface area contributed by atoms with Crippen LogP contribution in [0.5, 0.6) is 0 Å². The van der Waals surface area contributed by atoms with Crippen molar-refractivity contribution in [2.45, 2.75) is 33.2 Å². The van der Waals surface area contributed by atoms with Gasteiger partial charge in [-0.25, -0.2) is 0 Å². The molecule has 1 unspecified atom stereocenters. The molecule has 1 aromatic heterocycles. The fourth-order valence-electron chi connectivity index (χ4n) is 2.54. The fraction of sp³-hybridized carbons (Fsp3) is 0.846. The second-order valence-electron chi connectivity index (χ2n) is 5.26. The van der Waals surface area contributed by atoms with E-state index in [4.69, 9.17) is 0 Å². The SMILES string of the molecule is CCN(Cc1nnc(C)n1C)CC1CCCNC1. The first-order chi connectivity index (χ1) is 8.70. The van der Waals surface area contributed by atoms with Crippen LogP contribution in [0.4, 0.5) is 0 Å². The summed E-state index contributed by atoms with van der Waals surface area (Å²) < 4.78 is 2.09. The smallest absolute Gasteiger partial charge is 0.146 e. The highest BCUT2D eigenvalue weighted by atomic mass is 15.3. The van der Waals surface area contributed by atoms with Gasteiger partial charge >= 0.3 is 0 Å². The van der Waals surface area contributed by atoms with E-state index in [-0.39, 0.29) is 0 Å². The third kappa shape index (κ3) is 3.29. The van der Waals surface area contributed by atoms with Gasteiger partial charge in [0.15, 0.2) is 0 Å². The Morgan fingerprint density at radius 2 is 2.28 bits per heavy atom. The Labute approximate surface area is 110 Å². The van der Waals surface area contributed by atoms with Gasteiger partial charge in [-0.15, -0.1) is 10.2 Å². The molecule has 0 amide bonds. The molecule has 102 valence electrons. The van der Waals surface area contributed by atoms with E-state index in [1.165, 1.54) is 19.4 Å². The lowest BCUT2D eigenvalue weighted by Crippen LogP contribution is -2.38. The predicted molar refractivity (Wildman–Crippen MR) is 72.3 cm³/mol. The molecular formula is C13H25N5. The summed E-state index contributed by atoms with van der Waals surface area (Å²) in [5.41, 5.74) is 0. The van der Waals surface area contributed by atoms with Gasteiger partial charge in [-0.3, -0.25) is 4.90 Å². The zero-order chi connectivity index (χ0) is 13.0. The third-order valence-electron chi connectivity index (χ3n) is 3.91. The van der Waals surface area contributed by atoms with E-state index in [1.54, 1.807) is 0 Å². The molecule has 5 nitrogen and oxygen atoms in total. The maximum Gasteiger partial charge on any atom is 0.146 e. The summed E-state index contributed by atoms with van der Waals surface area (Å²) in [7, 11) is 2.04. The van der Waals surface area contributed by atoms with Gasteiger partial charge in [0.2, 0.25) is 0 Å². The number of nitrogens with zero attached hydrogens (tertiary/aromatic N) is 4. The van der Waals surface area contributed by atoms with Crippen LogP contribution in [-0.2, 0) is 13.6 Å². The van der Waals surface area contributed by atoms with Gasteiger partial charge in [-0.2, -0.15) is 0 Å². The first kappa shape index (κ1) is 13.5. The van der Waals surface area contributed by atoms with Crippen LogP contribution in [0.3, 0.4) is 0 Å². The quantitative estimate of drug-likeness (QED) is 0.846. The molecule has 1 fully saturated rings. The van der Waals surface area contributed by atoms with Crippen LogP contribution in [0.1, 0.15) is 31.4 Å². The molecule has 5 heteroatoms. The largest absolute Gasteiger partial charge is 0.317 e. The molecule has 0 bridgehead atoms. The van der Waals surface area contributed by atoms with Crippen molar-refractivity contribution in [2.75, 3.05) is 26.2 Å². The van der Waals surface area contributed by atoms with Gasteiger partial charge in [-0.05, 0) is 45.3 Å². The number of aryl methyl sites for hydroxylation is 1. The summed E-state index contributed by atoms with van der Waals surface area (Å²) in [5, 5.41) is 11.9. The molecule has 2 heterocycles. The highest BCUT2D eigenvalue weighted by Gasteiger charge is 2.17. The number of hydrogen-bond donors (Lipinski definition) is 1. The predicted octanol–water partition coefficient (Wildman–Crippen LogP) is 0.945. The summed E-state index contributed by atoms with van der Waals surface area (Å²) in [6.45, 7) is 9.71. The van der Waals surface area contributed by atoms with E-state index in [9.17, 15) is 0 Å². The van der Waals surface area contributed by atoms with Gasteiger partial charge in [0, 0.05) is 13.6 Å². The molecule has 0 radical (unpaired) electrons. The van der Waals surface area contributed by atoms with Gasteiger partial charge < -0.3 is 9.88 Å². The van der Waals surface area contributed by atoms with E-state index < -0.39 is 0 Å². The highest BCUT2D eigenvalue weighted by Crippen LogP contribution is 2.13. The average molecular weight is 251 g/mol. The molecule has 0 spiro atoms. The van der Waals surface area contributed by atoms with E-state index in [2.05, 4.69) is 31.9 Å². The van der Waals surface area contributed by atoms with E-state index in [1.807, 2.05) is 14.0 Å². The van der Waals surface area contributed by atoms with Crippen molar-refractivity contribution in [3.05, 3.63) is 11.6 Å². The van der Waals surface area contributed by atoms with Crippen LogP contribution >= 0.6 is 0 Å². The topological polar surface area (TPSA) is 46.0 Å². The molecule has 0 aliphatic carbocycles. The maximum absolute atomic E-state index is 4.25. The van der Waals surface area contributed by atoms with Crippen molar-refractivity contribution < 1.29 is 0 Å². The molecule has 1 aromatic rings. The van der Waals surface area contributed by atoms with Crippen LogP contribution in [0, 0.1) is 12.8 Å². The molecular weight excluding hydrogens is 226 g/mol. The van der Waals surface area contributed by atoms with E-state index in [0.29, 0.717) is 0 Å². The molecule has 0 saturated carbocycles. The normalized spacial score (nSPS) is 20.6. The minimum Gasteiger partial charge on any atom is -0.317 e. The van der Waals surface area contributed by atoms with Crippen LogP contribution in [0.2, 0.25) is 0 Å². The molecule has 1 N–H and O–H groups in total. The summed E-state index contributed by atoms with van der Waals surface area (Å²) >= 11 is 0. The second kappa shape index (κ2) is 6.29. The minimum absolute atomic E-state index is 0.785. The number of aromatic nitrogens is 3. The van der Waals surface area contributed by atoms with Gasteiger partial charge in [-0.1, -0.05) is 6.92 Å². The van der Waals surface area contributed by atoms with Crippen LogP contribution in [-0.4, -0.2) is 45.8 Å². The minimum atomic E-state index is 0.785. The molecule has 1 aliphatic heterocycles. The van der Waals surface area contributed by atoms with E-state index in [0.717, 1.165) is 43.7 Å². The van der Waals surface area contributed by atoms with Crippen molar-refractivity contribution in [3.8, 4) is 0 Å².